The van der Waals surface area contributed by atoms with Crippen LogP contribution in [0.4, 0.5) is 0 Å². The zero-order valence-corrected chi connectivity index (χ0v) is 19.4. The van der Waals surface area contributed by atoms with Crippen LogP contribution in [0.25, 0.3) is 10.8 Å². The number of nitrogens with one attached hydrogen (secondary N) is 1. The third-order valence-corrected chi connectivity index (χ3v) is 5.61. The molecule has 6 heteroatoms. The highest BCUT2D eigenvalue weighted by Crippen LogP contribution is 2.33. The van der Waals surface area contributed by atoms with E-state index >= 15 is 0 Å². The summed E-state index contributed by atoms with van der Waals surface area (Å²) in [6.07, 6.45) is 3.61. The molecule has 1 atom stereocenters. The largest absolute Gasteiger partial charge is 0.494 e. The molecule has 162 valence electrons. The molecule has 0 heterocycles. The highest BCUT2D eigenvalue weighted by Gasteiger charge is 2.19. The van der Waals surface area contributed by atoms with Gasteiger partial charge in [0.1, 0.15) is 11.5 Å². The number of benzene rings is 3. The summed E-state index contributed by atoms with van der Waals surface area (Å²) in [5, 5.41) is 6.21. The number of hydrazone groups is 1. The number of hydrogen-bond donors (Lipinski definition) is 1. The van der Waals surface area contributed by atoms with Gasteiger partial charge in [0.2, 0.25) is 0 Å². The van der Waals surface area contributed by atoms with Crippen molar-refractivity contribution < 1.29 is 14.3 Å². The van der Waals surface area contributed by atoms with E-state index in [1.807, 2.05) is 67.6 Å². The average Bonchev–Trinajstić information content (AvgIpc) is 2.80. The van der Waals surface area contributed by atoms with Gasteiger partial charge in [-0.15, -0.1) is 0 Å². The van der Waals surface area contributed by atoms with Crippen LogP contribution in [0.15, 0.2) is 70.2 Å². The fourth-order valence-electron chi connectivity index (χ4n) is 3.01. The Morgan fingerprint density at radius 3 is 2.61 bits per heavy atom. The van der Waals surface area contributed by atoms with Crippen LogP contribution in [0.5, 0.6) is 11.5 Å². The summed E-state index contributed by atoms with van der Waals surface area (Å²) < 4.78 is 12.5. The lowest BCUT2D eigenvalue weighted by molar-refractivity contribution is -0.128. The molecule has 31 heavy (non-hydrogen) atoms. The van der Waals surface area contributed by atoms with Gasteiger partial charge in [-0.05, 0) is 75.4 Å². The minimum absolute atomic E-state index is 0.293. The maximum atomic E-state index is 12.6. The molecule has 0 unspecified atom stereocenters. The normalized spacial score (nSPS) is 12.1. The van der Waals surface area contributed by atoms with E-state index in [2.05, 4.69) is 33.4 Å². The lowest BCUT2D eigenvalue weighted by Crippen LogP contribution is -2.35. The molecule has 0 radical (unpaired) electrons. The first kappa shape index (κ1) is 22.8. The molecule has 1 N–H and O–H groups in total. The Hall–Kier alpha value is -2.86. The van der Waals surface area contributed by atoms with Gasteiger partial charge in [-0.25, -0.2) is 5.43 Å². The molecule has 3 rings (SSSR count). The standard InChI is InChI=1S/C25H27BrN2O3/c1-3-5-16-30-20-13-10-18(11-14-20)17-27-28-25(29)22(4-2)31-23-15-12-19-8-6-7-9-21(19)24(23)26/h6-15,17,22H,3-5,16H2,1-2H3,(H,28,29)/b27-17-/t22-/m0/s1. The van der Waals surface area contributed by atoms with Gasteiger partial charge in [-0.3, -0.25) is 4.79 Å². The van der Waals surface area contributed by atoms with Crippen LogP contribution in [0.1, 0.15) is 38.7 Å². The van der Waals surface area contributed by atoms with Crippen molar-refractivity contribution >= 4 is 38.8 Å². The molecule has 0 bridgehead atoms. The van der Waals surface area contributed by atoms with Crippen LogP contribution in [-0.2, 0) is 4.79 Å². The SMILES string of the molecule is CCCCOc1ccc(/C=N\NC(=O)[C@H](CC)Oc2ccc3ccccc3c2Br)cc1. The van der Waals surface area contributed by atoms with Gasteiger partial charge in [-0.1, -0.05) is 50.6 Å². The Kier molecular flexibility index (Phi) is 8.47. The van der Waals surface area contributed by atoms with Gasteiger partial charge >= 0.3 is 0 Å². The lowest BCUT2D eigenvalue weighted by atomic mass is 10.1. The van der Waals surface area contributed by atoms with Gasteiger partial charge in [0, 0.05) is 0 Å². The molecule has 3 aromatic carbocycles. The fourth-order valence-corrected chi connectivity index (χ4v) is 3.59. The number of halogens is 1. The quantitative estimate of drug-likeness (QED) is 0.216. The van der Waals surface area contributed by atoms with Crippen molar-refractivity contribution in [3.63, 3.8) is 0 Å². The zero-order valence-electron chi connectivity index (χ0n) is 17.8. The minimum atomic E-state index is -0.649. The highest BCUT2D eigenvalue weighted by molar-refractivity contribution is 9.10. The number of unbranched alkanes of at least 4 members (excludes halogenated alkanes) is 1. The highest BCUT2D eigenvalue weighted by atomic mass is 79.9. The van der Waals surface area contributed by atoms with Gasteiger partial charge in [0.25, 0.3) is 5.91 Å². The first-order valence-corrected chi connectivity index (χ1v) is 11.3. The Bertz CT molecular complexity index is 1030. The molecule has 0 aliphatic heterocycles. The van der Waals surface area contributed by atoms with Gasteiger partial charge in [-0.2, -0.15) is 5.10 Å². The summed E-state index contributed by atoms with van der Waals surface area (Å²) in [6.45, 7) is 4.75. The summed E-state index contributed by atoms with van der Waals surface area (Å²) in [5.41, 5.74) is 3.44. The third kappa shape index (κ3) is 6.31. The molecule has 5 nitrogen and oxygen atoms in total. The maximum absolute atomic E-state index is 12.6. The van der Waals surface area contributed by atoms with Crippen molar-refractivity contribution in [2.75, 3.05) is 6.61 Å². The Labute approximate surface area is 191 Å². The number of carbonyl (C=O) groups excluding carboxylic acids is 1. The van der Waals surface area contributed by atoms with Crippen molar-refractivity contribution in [1.29, 1.82) is 0 Å². The fraction of sp³-hybridized carbons (Fsp3) is 0.280. The molecule has 0 aliphatic carbocycles. The summed E-state index contributed by atoms with van der Waals surface area (Å²) in [4.78, 5) is 12.6. The van der Waals surface area contributed by atoms with Gasteiger partial charge in [0.05, 0.1) is 17.3 Å². The Balaban J connectivity index is 1.58. The zero-order chi connectivity index (χ0) is 22.1. The number of carbonyl (C=O) groups is 1. The van der Waals surface area contributed by atoms with E-state index in [9.17, 15) is 4.79 Å². The van der Waals surface area contributed by atoms with Crippen molar-refractivity contribution in [2.24, 2.45) is 5.10 Å². The lowest BCUT2D eigenvalue weighted by Gasteiger charge is -2.17. The number of rotatable bonds is 10. The molecule has 0 fully saturated rings. The monoisotopic (exact) mass is 482 g/mol. The van der Waals surface area contributed by atoms with Crippen molar-refractivity contribution in [2.45, 2.75) is 39.2 Å². The number of ether oxygens (including phenoxy) is 2. The van der Waals surface area contributed by atoms with E-state index < -0.39 is 6.10 Å². The molecule has 0 aliphatic rings. The van der Waals surface area contributed by atoms with Crippen LogP contribution in [0.2, 0.25) is 0 Å². The van der Waals surface area contributed by atoms with Crippen molar-refractivity contribution in [3.05, 3.63) is 70.7 Å². The number of fused-ring (bicyclic) bond motifs is 1. The maximum Gasteiger partial charge on any atom is 0.281 e. The summed E-state index contributed by atoms with van der Waals surface area (Å²) >= 11 is 3.60. The average molecular weight is 483 g/mol. The van der Waals surface area contributed by atoms with E-state index in [1.165, 1.54) is 0 Å². The second-order valence-electron chi connectivity index (χ2n) is 7.12. The van der Waals surface area contributed by atoms with E-state index in [0.29, 0.717) is 18.8 Å². The topological polar surface area (TPSA) is 59.9 Å². The van der Waals surface area contributed by atoms with Crippen LogP contribution in [-0.4, -0.2) is 24.8 Å². The Morgan fingerprint density at radius 1 is 1.10 bits per heavy atom. The predicted octanol–water partition coefficient (Wildman–Crippen LogP) is 6.09. The van der Waals surface area contributed by atoms with Crippen LogP contribution in [0, 0.1) is 0 Å². The number of amides is 1. The van der Waals surface area contributed by atoms with E-state index in [4.69, 9.17) is 9.47 Å². The first-order chi connectivity index (χ1) is 15.1. The second kappa shape index (κ2) is 11.5. The summed E-state index contributed by atoms with van der Waals surface area (Å²) in [7, 11) is 0. The molecular weight excluding hydrogens is 456 g/mol. The third-order valence-electron chi connectivity index (χ3n) is 4.80. The Morgan fingerprint density at radius 2 is 1.87 bits per heavy atom. The van der Waals surface area contributed by atoms with Crippen molar-refractivity contribution in [3.8, 4) is 11.5 Å². The smallest absolute Gasteiger partial charge is 0.281 e. The number of hydrogen-bond acceptors (Lipinski definition) is 4. The molecule has 1 amide bonds. The molecule has 3 aromatic rings. The molecular formula is C25H27BrN2O3. The minimum Gasteiger partial charge on any atom is -0.494 e. The van der Waals surface area contributed by atoms with Crippen molar-refractivity contribution in [1.82, 2.24) is 5.43 Å². The molecule has 0 spiro atoms. The molecule has 0 saturated carbocycles. The molecule has 0 aromatic heterocycles. The molecule has 0 saturated heterocycles. The summed E-state index contributed by atoms with van der Waals surface area (Å²) in [6, 6.07) is 19.5. The van der Waals surface area contributed by atoms with Crippen LogP contribution in [0.3, 0.4) is 0 Å². The van der Waals surface area contributed by atoms with Crippen LogP contribution < -0.4 is 14.9 Å². The first-order valence-electron chi connectivity index (χ1n) is 10.5. The van der Waals surface area contributed by atoms with E-state index in [-0.39, 0.29) is 5.91 Å². The summed E-state index contributed by atoms with van der Waals surface area (Å²) in [5.74, 6) is 1.16. The van der Waals surface area contributed by atoms with Crippen LogP contribution >= 0.6 is 15.9 Å². The second-order valence-corrected chi connectivity index (χ2v) is 7.91. The van der Waals surface area contributed by atoms with Gasteiger partial charge < -0.3 is 9.47 Å². The predicted molar refractivity (Wildman–Crippen MR) is 129 cm³/mol. The van der Waals surface area contributed by atoms with Gasteiger partial charge in [0.15, 0.2) is 6.10 Å². The van der Waals surface area contributed by atoms with E-state index in [1.54, 1.807) is 6.21 Å². The number of nitrogens with zero attached hydrogens (tertiary/aromatic N) is 1. The van der Waals surface area contributed by atoms with E-state index in [0.717, 1.165) is 39.4 Å².